The number of phenolic OH excluding ortho intramolecular Hbond substituents is 1. The zero-order valence-electron chi connectivity index (χ0n) is 24.1. The van der Waals surface area contributed by atoms with E-state index in [0.29, 0.717) is 11.6 Å². The number of hydrogen-bond donors (Lipinski definition) is 1. The molecular weight excluding hydrogens is 652 g/mol. The van der Waals surface area contributed by atoms with Gasteiger partial charge in [-0.1, -0.05) is 41.9 Å². The van der Waals surface area contributed by atoms with Crippen molar-refractivity contribution in [2.24, 2.45) is 0 Å². The van der Waals surface area contributed by atoms with Crippen LogP contribution in [0.3, 0.4) is 0 Å². The third kappa shape index (κ3) is 8.28. The van der Waals surface area contributed by atoms with Gasteiger partial charge in [-0.2, -0.15) is 8.42 Å². The van der Waals surface area contributed by atoms with Crippen LogP contribution in [-0.4, -0.2) is 37.6 Å². The van der Waals surface area contributed by atoms with Crippen molar-refractivity contribution in [1.29, 1.82) is 0 Å². The first-order valence-corrected chi connectivity index (χ1v) is 16.2. The Morgan fingerprint density at radius 1 is 0.800 bits per heavy atom. The van der Waals surface area contributed by atoms with Gasteiger partial charge in [-0.05, 0) is 129 Å². The van der Waals surface area contributed by atoms with Crippen molar-refractivity contribution in [1.82, 2.24) is 0 Å². The Morgan fingerprint density at radius 2 is 1.42 bits per heavy atom. The van der Waals surface area contributed by atoms with Crippen LogP contribution in [0.25, 0.3) is 11.1 Å². The molecule has 2 aliphatic carbocycles. The van der Waals surface area contributed by atoms with Gasteiger partial charge in [-0.25, -0.2) is 0 Å². The number of ether oxygens (including phenoxy) is 2. The summed E-state index contributed by atoms with van der Waals surface area (Å²) in [6.45, 7) is 0.555. The van der Waals surface area contributed by atoms with E-state index in [1.165, 1.54) is 12.0 Å². The minimum atomic E-state index is -4.04. The van der Waals surface area contributed by atoms with Gasteiger partial charge in [-0.3, -0.25) is 0 Å². The van der Waals surface area contributed by atoms with Crippen LogP contribution in [0.5, 0.6) is 17.2 Å². The average molecular weight is 683 g/mol. The molecule has 3 aromatic carbocycles. The molecule has 1 saturated heterocycles. The fourth-order valence-corrected chi connectivity index (χ4v) is 7.22. The number of aromatic hydroxyl groups is 1. The van der Waals surface area contributed by atoms with E-state index in [4.69, 9.17) is 25.3 Å². The molecule has 0 spiro atoms. The Bertz CT molecular complexity index is 1540. The number of halogens is 1. The first kappa shape index (κ1) is 33.9. The molecule has 2 heterocycles. The second kappa shape index (κ2) is 15.4. The van der Waals surface area contributed by atoms with Crippen LogP contribution in [0.15, 0.2) is 72.8 Å². The Balaban J connectivity index is 0.000000609. The monoisotopic (exact) mass is 682 g/mol. The largest absolute Gasteiger partial charge is 2.00 e. The molecule has 45 heavy (non-hydrogen) atoms. The topological polar surface area (TPSA) is 82.1 Å². The minimum Gasteiger partial charge on any atom is -0.508 e. The normalized spacial score (nSPS) is 22.6. The first-order valence-electron chi connectivity index (χ1n) is 14.4. The summed E-state index contributed by atoms with van der Waals surface area (Å²) in [6.07, 6.45) is 18.1. The quantitative estimate of drug-likeness (QED) is 0.192. The summed E-state index contributed by atoms with van der Waals surface area (Å²) in [4.78, 5) is 0. The molecule has 2 aliphatic heterocycles. The van der Waals surface area contributed by atoms with Gasteiger partial charge in [0.1, 0.15) is 28.6 Å². The van der Waals surface area contributed by atoms with Gasteiger partial charge < -0.3 is 18.8 Å². The van der Waals surface area contributed by atoms with Crippen molar-refractivity contribution < 1.29 is 44.2 Å². The summed E-state index contributed by atoms with van der Waals surface area (Å²) < 4.78 is 44.5. The Kier molecular flexibility index (Phi) is 11.6. The molecule has 230 valence electrons. The van der Waals surface area contributed by atoms with Gasteiger partial charge in [0.25, 0.3) is 0 Å². The predicted octanol–water partition coefficient (Wildman–Crippen LogP) is 7.10. The Labute approximate surface area is 282 Å². The van der Waals surface area contributed by atoms with Crippen molar-refractivity contribution >= 4 is 32.9 Å². The minimum absolute atomic E-state index is 0. The van der Waals surface area contributed by atoms with Crippen LogP contribution >= 0.6 is 11.6 Å². The third-order valence-corrected chi connectivity index (χ3v) is 9.50. The molecule has 3 atom stereocenters. The number of hydrogen-bond acceptors (Lipinski definition) is 6. The molecule has 4 aliphatic rings. The van der Waals surface area contributed by atoms with Crippen LogP contribution in [0.4, 0.5) is 0 Å². The van der Waals surface area contributed by atoms with E-state index in [-0.39, 0.29) is 35.0 Å². The van der Waals surface area contributed by atoms with Gasteiger partial charge in [0.15, 0.2) is 0 Å². The van der Waals surface area contributed by atoms with Crippen molar-refractivity contribution in [3.8, 4) is 17.2 Å². The molecule has 10 radical (unpaired) electrons. The zero-order valence-corrected chi connectivity index (χ0v) is 26.8. The third-order valence-electron chi connectivity index (χ3n) is 7.66. The summed E-state index contributed by atoms with van der Waals surface area (Å²) in [7, 11) is -4.04. The maximum Gasteiger partial charge on any atom is 2.00 e. The molecule has 0 unspecified atom stereocenters. The molecule has 3 fully saturated rings. The molecule has 2 saturated carbocycles. The van der Waals surface area contributed by atoms with Crippen molar-refractivity contribution in [3.05, 3.63) is 153 Å². The first-order chi connectivity index (χ1) is 21.4. The van der Waals surface area contributed by atoms with Gasteiger partial charge in [-0.15, -0.1) is 0 Å². The maximum absolute atomic E-state index is 13.4. The number of rotatable bonds is 9. The van der Waals surface area contributed by atoms with Gasteiger partial charge in [0.05, 0.1) is 12.7 Å². The molecule has 2 bridgehead atoms. The average Bonchev–Trinajstić information content (AvgIpc) is 3.84. The van der Waals surface area contributed by atoms with E-state index < -0.39 is 27.6 Å². The summed E-state index contributed by atoms with van der Waals surface area (Å²) in [5.74, 6) is 2.28. The van der Waals surface area contributed by atoms with Gasteiger partial charge >= 0.3 is 27.2 Å². The summed E-state index contributed by atoms with van der Waals surface area (Å²) in [5.41, 5.74) is 3.43. The van der Waals surface area contributed by atoms with Crippen LogP contribution in [-0.2, 0) is 31.9 Å². The van der Waals surface area contributed by atoms with Crippen LogP contribution in [0, 0.1) is 63.7 Å². The second-order valence-electron chi connectivity index (χ2n) is 10.6. The second-order valence-corrected chi connectivity index (χ2v) is 12.8. The van der Waals surface area contributed by atoms with Crippen LogP contribution < -0.4 is 8.92 Å². The molecule has 7 rings (SSSR count). The molecule has 9 heteroatoms. The number of benzene rings is 3. The van der Waals surface area contributed by atoms with Crippen molar-refractivity contribution in [2.75, 3.05) is 6.61 Å². The van der Waals surface area contributed by atoms with E-state index in [1.54, 1.807) is 30.3 Å². The Morgan fingerprint density at radius 3 is 2.07 bits per heavy atom. The van der Waals surface area contributed by atoms with E-state index in [2.05, 4.69) is 12.8 Å². The smallest absolute Gasteiger partial charge is 0.508 e. The number of fused-ring (bicyclic) bond motifs is 2. The Hall–Kier alpha value is -2.48. The van der Waals surface area contributed by atoms with Gasteiger partial charge in [0.2, 0.25) is 0 Å². The molecule has 3 aromatic rings. The fraction of sp³-hybridized carbons (Fsp3) is 0.167. The SMILES string of the molecule is O=S(=O)(Oc1cccc(Cl)c1)[C@H]1C[C@H]2O[C@@H]1C(c1ccc(OCC[C]3[CH][CH][CH][CH]3)cc1)=C2c1ccc(O)cc1.[CH]1[CH][CH][CH][CH]1.[Fe+2]. The van der Waals surface area contributed by atoms with Gasteiger partial charge in [0, 0.05) is 17.5 Å². The standard InChI is InChI=1S/C31H26ClO6S.C5H5.Fe/c32-23-6-3-7-26(18-23)38-39(34,35)28-19-27-29(21-8-12-24(33)13-9-21)30(31(28)37-27)22-10-14-25(15-11-22)36-17-16-20-4-1-2-5-20;1-2-4-5-3-1;/h1-15,18,27-28,31,33H,16-17,19H2;1-5H;/q;;+2/t27-,28+,31+;;/m1../s1. The van der Waals surface area contributed by atoms with Crippen molar-refractivity contribution in [2.45, 2.75) is 30.3 Å². The van der Waals surface area contributed by atoms with E-state index >= 15 is 0 Å². The van der Waals surface area contributed by atoms with E-state index in [1.807, 2.05) is 81.3 Å². The zero-order chi connectivity index (χ0) is 30.5. The van der Waals surface area contributed by atoms with E-state index in [9.17, 15) is 13.5 Å². The molecule has 0 aromatic heterocycles. The summed E-state index contributed by atoms with van der Waals surface area (Å²) in [6, 6.07) is 20.8. The van der Waals surface area contributed by atoms with Crippen molar-refractivity contribution in [3.63, 3.8) is 0 Å². The van der Waals surface area contributed by atoms with Crippen LogP contribution in [0.2, 0.25) is 5.02 Å². The maximum atomic E-state index is 13.4. The number of phenols is 1. The summed E-state index contributed by atoms with van der Waals surface area (Å²) in [5, 5.41) is 9.32. The van der Waals surface area contributed by atoms with Crippen LogP contribution in [0.1, 0.15) is 24.0 Å². The molecule has 1 N–H and O–H groups in total. The molecular formula is C36H31ClFeO6S+2. The fourth-order valence-electron chi connectivity index (χ4n) is 5.63. The predicted molar refractivity (Wildman–Crippen MR) is 171 cm³/mol. The summed E-state index contributed by atoms with van der Waals surface area (Å²) >= 11 is 6.03. The molecule has 6 nitrogen and oxygen atoms in total. The molecule has 0 amide bonds. The van der Waals surface area contributed by atoms with E-state index in [0.717, 1.165) is 34.4 Å².